The van der Waals surface area contributed by atoms with Crippen molar-refractivity contribution >= 4 is 17.7 Å². The summed E-state index contributed by atoms with van der Waals surface area (Å²) in [6.07, 6.45) is 9.38. The van der Waals surface area contributed by atoms with E-state index in [4.69, 9.17) is 0 Å². The van der Waals surface area contributed by atoms with E-state index in [1.165, 1.54) is 32.1 Å². The number of carbonyl (C=O) groups is 1. The summed E-state index contributed by atoms with van der Waals surface area (Å²) in [5, 5.41) is 12.5. The summed E-state index contributed by atoms with van der Waals surface area (Å²) in [6.45, 7) is 2.95. The Kier molecular flexibility index (Phi) is 4.83. The van der Waals surface area contributed by atoms with Gasteiger partial charge in [-0.25, -0.2) is 0 Å². The Morgan fingerprint density at radius 2 is 2.05 bits per heavy atom. The number of nitrogens with one attached hydrogen (secondary N) is 1. The fourth-order valence-electron chi connectivity index (χ4n) is 3.15. The monoisotopic (exact) mass is 308 g/mol. The average molecular weight is 308 g/mol. The van der Waals surface area contributed by atoms with Crippen LogP contribution in [0.1, 0.15) is 57.7 Å². The SMILES string of the molecule is C[C@H](Sc1nnc2n1CCCCC2)C(=O)NC1CCCC1. The lowest BCUT2D eigenvalue weighted by Gasteiger charge is -2.16. The zero-order chi connectivity index (χ0) is 14.7. The van der Waals surface area contributed by atoms with Crippen LogP contribution in [-0.2, 0) is 17.8 Å². The maximum Gasteiger partial charge on any atom is 0.233 e. The van der Waals surface area contributed by atoms with Crippen molar-refractivity contribution in [2.45, 2.75) is 81.3 Å². The summed E-state index contributed by atoms with van der Waals surface area (Å²) >= 11 is 1.54. The maximum atomic E-state index is 12.3. The molecule has 0 saturated heterocycles. The Balaban J connectivity index is 1.60. The normalized spacial score (nSPS) is 20.8. The molecule has 0 bridgehead atoms. The smallest absolute Gasteiger partial charge is 0.233 e. The van der Waals surface area contributed by atoms with Gasteiger partial charge in [-0.3, -0.25) is 4.79 Å². The topological polar surface area (TPSA) is 59.8 Å². The Hall–Kier alpha value is -1.04. The molecule has 1 saturated carbocycles. The van der Waals surface area contributed by atoms with Crippen molar-refractivity contribution in [1.29, 1.82) is 0 Å². The summed E-state index contributed by atoms with van der Waals surface area (Å²) in [6, 6.07) is 0.385. The first-order chi connectivity index (χ1) is 10.2. The molecule has 1 atom stereocenters. The zero-order valence-electron chi connectivity index (χ0n) is 12.7. The van der Waals surface area contributed by atoms with Crippen molar-refractivity contribution in [1.82, 2.24) is 20.1 Å². The second-order valence-electron chi connectivity index (χ2n) is 6.11. The van der Waals surface area contributed by atoms with Crippen LogP contribution in [0.3, 0.4) is 0 Å². The van der Waals surface area contributed by atoms with Crippen LogP contribution >= 0.6 is 11.8 Å². The Morgan fingerprint density at radius 1 is 1.24 bits per heavy atom. The van der Waals surface area contributed by atoms with E-state index in [9.17, 15) is 4.79 Å². The van der Waals surface area contributed by atoms with E-state index in [2.05, 4.69) is 20.1 Å². The molecule has 1 aliphatic carbocycles. The predicted octanol–water partition coefficient (Wildman–Crippen LogP) is 2.54. The summed E-state index contributed by atoms with van der Waals surface area (Å²) in [5.74, 6) is 1.22. The molecule has 0 unspecified atom stereocenters. The number of hydrogen-bond acceptors (Lipinski definition) is 4. The molecule has 0 spiro atoms. The lowest BCUT2D eigenvalue weighted by molar-refractivity contribution is -0.120. The number of aromatic nitrogens is 3. The third-order valence-corrected chi connectivity index (χ3v) is 5.51. The largest absolute Gasteiger partial charge is 0.352 e. The van der Waals surface area contributed by atoms with Crippen LogP contribution in [-0.4, -0.2) is 32.0 Å². The zero-order valence-corrected chi connectivity index (χ0v) is 13.5. The number of nitrogens with zero attached hydrogens (tertiary/aromatic N) is 3. The molecule has 1 N–H and O–H groups in total. The van der Waals surface area contributed by atoms with Gasteiger partial charge in [-0.15, -0.1) is 10.2 Å². The quantitative estimate of drug-likeness (QED) is 0.868. The summed E-state index contributed by atoms with van der Waals surface area (Å²) in [7, 11) is 0. The fourth-order valence-corrected chi connectivity index (χ4v) is 4.05. The van der Waals surface area contributed by atoms with Crippen molar-refractivity contribution in [2.75, 3.05) is 0 Å². The Labute approximate surface area is 130 Å². The van der Waals surface area contributed by atoms with E-state index in [-0.39, 0.29) is 11.2 Å². The molecule has 3 rings (SSSR count). The van der Waals surface area contributed by atoms with Gasteiger partial charge >= 0.3 is 0 Å². The molecule has 1 amide bonds. The number of amides is 1. The number of hydrogen-bond donors (Lipinski definition) is 1. The van der Waals surface area contributed by atoms with E-state index in [1.807, 2.05) is 6.92 Å². The molecule has 2 heterocycles. The molecule has 0 radical (unpaired) electrons. The molecule has 1 fully saturated rings. The molecule has 6 heteroatoms. The lowest BCUT2D eigenvalue weighted by atomic mass is 10.2. The van der Waals surface area contributed by atoms with Crippen molar-refractivity contribution in [2.24, 2.45) is 0 Å². The fraction of sp³-hybridized carbons (Fsp3) is 0.800. The molecule has 1 aromatic heterocycles. The molecule has 0 aromatic carbocycles. The molecule has 116 valence electrons. The summed E-state index contributed by atoms with van der Waals surface area (Å²) in [4.78, 5) is 12.3. The summed E-state index contributed by atoms with van der Waals surface area (Å²) < 4.78 is 2.21. The molecule has 1 aromatic rings. The second-order valence-corrected chi connectivity index (χ2v) is 7.42. The van der Waals surface area contributed by atoms with Gasteiger partial charge in [0.15, 0.2) is 5.16 Å². The highest BCUT2D eigenvalue weighted by Crippen LogP contribution is 2.26. The molecular weight excluding hydrogens is 284 g/mol. The van der Waals surface area contributed by atoms with Gasteiger partial charge in [0.05, 0.1) is 5.25 Å². The van der Waals surface area contributed by atoms with Gasteiger partial charge in [-0.2, -0.15) is 0 Å². The Morgan fingerprint density at radius 3 is 2.86 bits per heavy atom. The van der Waals surface area contributed by atoms with Crippen molar-refractivity contribution in [3.05, 3.63) is 5.82 Å². The van der Waals surface area contributed by atoms with Gasteiger partial charge in [0.2, 0.25) is 5.91 Å². The standard InChI is InChI=1S/C15H24N4OS/c1-11(14(20)16-12-7-4-5-8-12)21-15-18-17-13-9-3-2-6-10-19(13)15/h11-12H,2-10H2,1H3,(H,16,20)/t11-/m0/s1. The first-order valence-electron chi connectivity index (χ1n) is 8.13. The van der Waals surface area contributed by atoms with Crippen molar-refractivity contribution in [3.8, 4) is 0 Å². The van der Waals surface area contributed by atoms with Crippen molar-refractivity contribution < 1.29 is 4.79 Å². The minimum atomic E-state index is -0.109. The van der Waals surface area contributed by atoms with Gasteiger partial charge < -0.3 is 9.88 Å². The number of aryl methyl sites for hydroxylation is 1. The van der Waals surface area contributed by atoms with E-state index < -0.39 is 0 Å². The highest BCUT2D eigenvalue weighted by molar-refractivity contribution is 8.00. The average Bonchev–Trinajstić information content (AvgIpc) is 3.04. The molecule has 1 aliphatic heterocycles. The van der Waals surface area contributed by atoms with Gasteiger partial charge in [0.25, 0.3) is 0 Å². The van der Waals surface area contributed by atoms with Gasteiger partial charge in [-0.1, -0.05) is 31.0 Å². The minimum absolute atomic E-state index is 0.109. The third kappa shape index (κ3) is 3.59. The Bertz CT molecular complexity index is 496. The molecular formula is C15H24N4OS. The van der Waals surface area contributed by atoms with Crippen LogP contribution in [0.15, 0.2) is 5.16 Å². The lowest BCUT2D eigenvalue weighted by Crippen LogP contribution is -2.37. The van der Waals surface area contributed by atoms with Crippen LogP contribution in [0.2, 0.25) is 0 Å². The van der Waals surface area contributed by atoms with Crippen LogP contribution in [0, 0.1) is 0 Å². The van der Waals surface area contributed by atoms with Gasteiger partial charge in [0.1, 0.15) is 5.82 Å². The minimum Gasteiger partial charge on any atom is -0.352 e. The van der Waals surface area contributed by atoms with Gasteiger partial charge in [0, 0.05) is 19.0 Å². The van der Waals surface area contributed by atoms with Crippen molar-refractivity contribution in [3.63, 3.8) is 0 Å². The second kappa shape index (κ2) is 6.81. The highest BCUT2D eigenvalue weighted by atomic mass is 32.2. The summed E-state index contributed by atoms with van der Waals surface area (Å²) in [5.41, 5.74) is 0. The number of carbonyl (C=O) groups excluding carboxylic acids is 1. The van der Waals surface area contributed by atoms with Crippen LogP contribution in [0.4, 0.5) is 0 Å². The van der Waals surface area contributed by atoms with Crippen LogP contribution in [0.25, 0.3) is 0 Å². The van der Waals surface area contributed by atoms with Crippen LogP contribution in [0.5, 0.6) is 0 Å². The highest BCUT2D eigenvalue weighted by Gasteiger charge is 2.24. The van der Waals surface area contributed by atoms with E-state index >= 15 is 0 Å². The van der Waals surface area contributed by atoms with Gasteiger partial charge in [-0.05, 0) is 32.6 Å². The molecule has 5 nitrogen and oxygen atoms in total. The third-order valence-electron chi connectivity index (χ3n) is 4.43. The predicted molar refractivity (Wildman–Crippen MR) is 83.3 cm³/mol. The number of thioether (sulfide) groups is 1. The first kappa shape index (κ1) is 14.9. The molecule has 21 heavy (non-hydrogen) atoms. The van der Waals surface area contributed by atoms with Crippen LogP contribution < -0.4 is 5.32 Å². The maximum absolute atomic E-state index is 12.3. The molecule has 2 aliphatic rings. The van der Waals surface area contributed by atoms with E-state index in [0.717, 1.165) is 36.8 Å². The first-order valence-corrected chi connectivity index (χ1v) is 9.01. The van der Waals surface area contributed by atoms with E-state index in [0.29, 0.717) is 6.04 Å². The van der Waals surface area contributed by atoms with E-state index in [1.54, 1.807) is 11.8 Å². The number of rotatable bonds is 4. The number of fused-ring (bicyclic) bond motifs is 1.